The monoisotopic (exact) mass is 658 g/mol. The number of nitrogens with one attached hydrogen (secondary N) is 1. The number of carbonyl (C=O) groups excluding carboxylic acids is 1. The van der Waals surface area contributed by atoms with Gasteiger partial charge in [-0.2, -0.15) is 13.2 Å². The second-order valence-electron chi connectivity index (χ2n) is 7.63. The molecule has 11 nitrogen and oxygen atoms in total. The minimum atomic E-state index is -4.62. The number of rotatable bonds is 7. The summed E-state index contributed by atoms with van der Waals surface area (Å²) in [5.74, 6) is -2.76. The molecule has 0 spiro atoms. The summed E-state index contributed by atoms with van der Waals surface area (Å²) in [6, 6.07) is 7.98. The van der Waals surface area contributed by atoms with Gasteiger partial charge in [0.1, 0.15) is 22.6 Å². The Balaban J connectivity index is 0.000000377. The number of halogens is 6. The van der Waals surface area contributed by atoms with E-state index >= 15 is 0 Å². The quantitative estimate of drug-likeness (QED) is 0.214. The van der Waals surface area contributed by atoms with Crippen molar-refractivity contribution < 1.29 is 50.7 Å². The second-order valence-corrected chi connectivity index (χ2v) is 10.6. The van der Waals surface area contributed by atoms with Crippen LogP contribution in [0.15, 0.2) is 48.5 Å². The SMILES string of the molecule is COc1c(Cl)ccc(Cl)c1C(=O)O.CS(=O)(=O)NC(=O)c1cc(Oc2ccc(C(F)(F)F)cc2Cl)ccc1[N+](=O)[O-]. The van der Waals surface area contributed by atoms with Crippen molar-refractivity contribution in [3.8, 4) is 17.2 Å². The van der Waals surface area contributed by atoms with Gasteiger partial charge in [0.25, 0.3) is 11.6 Å². The van der Waals surface area contributed by atoms with Crippen molar-refractivity contribution in [2.45, 2.75) is 6.18 Å². The predicted octanol–water partition coefficient (Wildman–Crippen LogP) is 6.45. The lowest BCUT2D eigenvalue weighted by Crippen LogP contribution is -2.29. The number of nitro benzene ring substituents is 1. The molecule has 18 heteroatoms. The molecule has 0 aliphatic carbocycles. The first-order valence-corrected chi connectivity index (χ1v) is 13.5. The van der Waals surface area contributed by atoms with Gasteiger partial charge in [0, 0.05) is 12.1 Å². The van der Waals surface area contributed by atoms with Crippen LogP contribution in [-0.2, 0) is 16.2 Å². The highest BCUT2D eigenvalue weighted by molar-refractivity contribution is 7.89. The molecule has 0 atom stereocenters. The molecular formula is C23H16Cl3F3N2O9S. The maximum atomic E-state index is 12.7. The van der Waals surface area contributed by atoms with E-state index < -0.39 is 54.8 Å². The van der Waals surface area contributed by atoms with Gasteiger partial charge in [-0.1, -0.05) is 34.8 Å². The Morgan fingerprint density at radius 3 is 2.07 bits per heavy atom. The third-order valence-corrected chi connectivity index (χ3v) is 6.12. The van der Waals surface area contributed by atoms with Gasteiger partial charge in [-0.3, -0.25) is 14.9 Å². The number of carboxylic acid groups (broad SMARTS) is 1. The van der Waals surface area contributed by atoms with Crippen LogP contribution in [0.5, 0.6) is 17.2 Å². The summed E-state index contributed by atoms with van der Waals surface area (Å²) >= 11 is 17.1. The van der Waals surface area contributed by atoms with Crippen LogP contribution in [0, 0.1) is 10.1 Å². The Hall–Kier alpha value is -3.79. The molecule has 0 unspecified atom stereocenters. The normalized spacial score (nSPS) is 11.1. The highest BCUT2D eigenvalue weighted by Gasteiger charge is 2.31. The van der Waals surface area contributed by atoms with Gasteiger partial charge in [0.15, 0.2) is 5.75 Å². The van der Waals surface area contributed by atoms with Crippen LogP contribution >= 0.6 is 34.8 Å². The predicted molar refractivity (Wildman–Crippen MR) is 142 cm³/mol. The van der Waals surface area contributed by atoms with Gasteiger partial charge < -0.3 is 14.6 Å². The van der Waals surface area contributed by atoms with Crippen LogP contribution < -0.4 is 14.2 Å². The fourth-order valence-electron chi connectivity index (χ4n) is 2.96. The molecular weight excluding hydrogens is 644 g/mol. The Morgan fingerprint density at radius 2 is 1.61 bits per heavy atom. The van der Waals surface area contributed by atoms with E-state index in [1.165, 1.54) is 19.2 Å². The van der Waals surface area contributed by atoms with E-state index in [0.717, 1.165) is 24.3 Å². The largest absolute Gasteiger partial charge is 0.494 e. The topological polar surface area (TPSA) is 162 Å². The van der Waals surface area contributed by atoms with Crippen LogP contribution in [0.25, 0.3) is 0 Å². The van der Waals surface area contributed by atoms with Gasteiger partial charge in [0.2, 0.25) is 10.0 Å². The molecule has 1 amide bonds. The zero-order chi connectivity index (χ0) is 31.3. The van der Waals surface area contributed by atoms with E-state index in [1.54, 1.807) is 4.72 Å². The lowest BCUT2D eigenvalue weighted by Gasteiger charge is -2.12. The zero-order valence-corrected chi connectivity index (χ0v) is 23.5. The van der Waals surface area contributed by atoms with Crippen molar-refractivity contribution >= 4 is 62.4 Å². The number of benzene rings is 3. The van der Waals surface area contributed by atoms with Crippen molar-refractivity contribution in [2.75, 3.05) is 13.4 Å². The smallest absolute Gasteiger partial charge is 0.416 e. The van der Waals surface area contributed by atoms with Crippen LogP contribution in [-0.4, -0.2) is 43.7 Å². The van der Waals surface area contributed by atoms with Crippen LogP contribution in [0.1, 0.15) is 26.3 Å². The van der Waals surface area contributed by atoms with Crippen molar-refractivity contribution in [2.24, 2.45) is 0 Å². The molecule has 0 fully saturated rings. The van der Waals surface area contributed by atoms with Gasteiger partial charge in [-0.05, 0) is 36.4 Å². The average molecular weight is 660 g/mol. The molecule has 3 aromatic rings. The summed E-state index contributed by atoms with van der Waals surface area (Å²) in [7, 11) is -2.66. The Kier molecular flexibility index (Phi) is 10.8. The van der Waals surface area contributed by atoms with Gasteiger partial charge in [0.05, 0.1) is 38.9 Å². The summed E-state index contributed by atoms with van der Waals surface area (Å²) in [6.45, 7) is 0. The Bertz CT molecular complexity index is 1620. The number of aromatic carboxylic acids is 1. The summed E-state index contributed by atoms with van der Waals surface area (Å²) in [5.41, 5.74) is -2.46. The van der Waals surface area contributed by atoms with Crippen molar-refractivity contribution in [3.63, 3.8) is 0 Å². The molecule has 0 aromatic heterocycles. The number of hydrogen-bond donors (Lipinski definition) is 2. The number of alkyl halides is 3. The van der Waals surface area contributed by atoms with Crippen LogP contribution in [0.2, 0.25) is 15.1 Å². The summed E-state index contributed by atoms with van der Waals surface area (Å²) < 4.78 is 72.1. The van der Waals surface area contributed by atoms with Crippen molar-refractivity contribution in [3.05, 3.63) is 90.4 Å². The first-order valence-electron chi connectivity index (χ1n) is 10.5. The molecule has 0 saturated carbocycles. The highest BCUT2D eigenvalue weighted by Crippen LogP contribution is 2.37. The Morgan fingerprint density at radius 1 is 1.00 bits per heavy atom. The summed E-state index contributed by atoms with van der Waals surface area (Å²) in [5, 5.41) is 19.8. The zero-order valence-electron chi connectivity index (χ0n) is 20.5. The van der Waals surface area contributed by atoms with E-state index in [1.807, 2.05) is 0 Å². The number of carboxylic acids is 1. The molecule has 0 bridgehead atoms. The number of nitro groups is 1. The third-order valence-electron chi connectivity index (χ3n) is 4.65. The second kappa shape index (κ2) is 13.2. The lowest BCUT2D eigenvalue weighted by molar-refractivity contribution is -0.385. The van der Waals surface area contributed by atoms with E-state index in [2.05, 4.69) is 0 Å². The van der Waals surface area contributed by atoms with Gasteiger partial charge >= 0.3 is 12.1 Å². The number of sulfonamides is 1. The fourth-order valence-corrected chi connectivity index (χ4v) is 4.09. The molecule has 0 heterocycles. The standard InChI is InChI=1S/C15H10ClF3N2O6S.C8H6Cl2O3/c1-28(25,26)20-14(22)10-7-9(3-4-12(10)21(23)24)27-13-5-2-8(6-11(13)16)15(17,18)19;1-13-7-5(10)3-2-4(9)6(7)8(11)12/h2-7H,1H3,(H,20,22);2-3H,1H3,(H,11,12). The van der Waals surface area contributed by atoms with E-state index in [0.29, 0.717) is 18.4 Å². The lowest BCUT2D eigenvalue weighted by atomic mass is 10.1. The van der Waals surface area contributed by atoms with Crippen molar-refractivity contribution in [1.82, 2.24) is 4.72 Å². The maximum absolute atomic E-state index is 12.7. The molecule has 3 aromatic carbocycles. The molecule has 220 valence electrons. The number of amides is 1. The third kappa shape index (κ3) is 9.11. The number of methoxy groups -OCH3 is 1. The minimum Gasteiger partial charge on any atom is -0.494 e. The van der Waals surface area contributed by atoms with E-state index in [9.17, 15) is 41.3 Å². The van der Waals surface area contributed by atoms with E-state index in [-0.39, 0.29) is 32.9 Å². The molecule has 0 radical (unpaired) electrons. The molecule has 2 N–H and O–H groups in total. The molecule has 0 saturated heterocycles. The summed E-state index contributed by atoms with van der Waals surface area (Å²) in [6.07, 6.45) is -3.94. The summed E-state index contributed by atoms with van der Waals surface area (Å²) in [4.78, 5) is 32.9. The Labute approximate surface area is 244 Å². The molecule has 3 rings (SSSR count). The maximum Gasteiger partial charge on any atom is 0.416 e. The molecule has 0 aliphatic heterocycles. The van der Waals surface area contributed by atoms with Gasteiger partial charge in [-0.15, -0.1) is 0 Å². The number of carbonyl (C=O) groups is 2. The van der Waals surface area contributed by atoms with Crippen LogP contribution in [0.4, 0.5) is 18.9 Å². The number of hydrogen-bond acceptors (Lipinski definition) is 8. The highest BCUT2D eigenvalue weighted by atomic mass is 35.5. The molecule has 41 heavy (non-hydrogen) atoms. The number of nitrogens with zero attached hydrogens (tertiary/aromatic N) is 1. The first kappa shape index (κ1) is 33.4. The average Bonchev–Trinajstić information content (AvgIpc) is 2.84. The van der Waals surface area contributed by atoms with E-state index in [4.69, 9.17) is 49.4 Å². The fraction of sp³-hybridized carbons (Fsp3) is 0.130. The minimum absolute atomic E-state index is 0.0849. The molecule has 0 aliphatic rings. The number of ether oxygens (including phenoxy) is 2. The van der Waals surface area contributed by atoms with Crippen molar-refractivity contribution in [1.29, 1.82) is 0 Å². The van der Waals surface area contributed by atoms with Gasteiger partial charge in [-0.25, -0.2) is 17.9 Å². The van der Waals surface area contributed by atoms with Crippen LogP contribution in [0.3, 0.4) is 0 Å². The first-order chi connectivity index (χ1) is 18.9.